The molecule has 0 aliphatic carbocycles. The fourth-order valence-corrected chi connectivity index (χ4v) is 1.13. The van der Waals surface area contributed by atoms with Crippen LogP contribution in [-0.4, -0.2) is 38.4 Å². The van der Waals surface area contributed by atoms with Gasteiger partial charge in [-0.05, 0) is 13.3 Å². The maximum Gasteiger partial charge on any atom is 0.333 e. The average Bonchev–Trinajstić information content (AvgIpc) is 2.41. The summed E-state index contributed by atoms with van der Waals surface area (Å²) in [5.74, 6) is -0.812. The molecule has 0 atom stereocenters. The fraction of sp³-hybridized carbons (Fsp3) is 0.600. The minimum atomic E-state index is -0.433. The van der Waals surface area contributed by atoms with Crippen LogP contribution in [0.3, 0.4) is 0 Å². The van der Waals surface area contributed by atoms with Crippen LogP contribution in [0, 0.1) is 0 Å². The number of ether oxygens (including phenoxy) is 3. The fourth-order valence-electron chi connectivity index (χ4n) is 1.13. The number of hydrogen-bond donors (Lipinski definition) is 0. The first-order chi connectivity index (χ1) is 9.49. The van der Waals surface area contributed by atoms with Gasteiger partial charge >= 0.3 is 11.9 Å². The van der Waals surface area contributed by atoms with Crippen molar-refractivity contribution in [3.05, 3.63) is 24.3 Å². The van der Waals surface area contributed by atoms with Gasteiger partial charge in [-0.1, -0.05) is 26.5 Å². The molecule has 0 unspecified atom stereocenters. The van der Waals surface area contributed by atoms with Crippen molar-refractivity contribution < 1.29 is 23.8 Å². The van der Waals surface area contributed by atoms with Crippen molar-refractivity contribution in [1.29, 1.82) is 0 Å². The van der Waals surface area contributed by atoms with Crippen molar-refractivity contribution >= 4 is 11.9 Å². The molecule has 114 valence electrons. The number of hydrogen-bond acceptors (Lipinski definition) is 5. The lowest BCUT2D eigenvalue weighted by molar-refractivity contribution is -0.140. The number of rotatable bonds is 11. The van der Waals surface area contributed by atoms with E-state index in [9.17, 15) is 9.59 Å². The molecule has 0 amide bonds. The molecule has 0 aliphatic rings. The predicted molar refractivity (Wildman–Crippen MR) is 76.2 cm³/mol. The van der Waals surface area contributed by atoms with Crippen LogP contribution in [0.2, 0.25) is 0 Å². The van der Waals surface area contributed by atoms with E-state index in [4.69, 9.17) is 14.2 Å². The van der Waals surface area contributed by atoms with E-state index in [0.717, 1.165) is 12.8 Å². The zero-order valence-corrected chi connectivity index (χ0v) is 12.4. The molecule has 0 radical (unpaired) electrons. The van der Waals surface area contributed by atoms with E-state index >= 15 is 0 Å². The van der Waals surface area contributed by atoms with Gasteiger partial charge in [0, 0.05) is 17.6 Å². The van der Waals surface area contributed by atoms with E-state index in [2.05, 4.69) is 13.2 Å². The van der Waals surface area contributed by atoms with E-state index in [-0.39, 0.29) is 19.2 Å². The highest BCUT2D eigenvalue weighted by molar-refractivity contribution is 5.87. The van der Waals surface area contributed by atoms with Gasteiger partial charge in [-0.15, -0.1) is 0 Å². The van der Waals surface area contributed by atoms with Crippen LogP contribution < -0.4 is 0 Å². The monoisotopic (exact) mass is 284 g/mol. The molecule has 0 spiro atoms. The molecule has 0 aliphatic heterocycles. The summed E-state index contributed by atoms with van der Waals surface area (Å²) >= 11 is 0. The molecule has 0 saturated carbocycles. The molecule has 0 rings (SSSR count). The molecule has 5 nitrogen and oxygen atoms in total. The van der Waals surface area contributed by atoms with Crippen molar-refractivity contribution in [2.45, 2.75) is 33.1 Å². The maximum atomic E-state index is 11.4. The van der Waals surface area contributed by atoms with Gasteiger partial charge < -0.3 is 14.2 Å². The average molecular weight is 284 g/mol. The van der Waals surface area contributed by atoms with Gasteiger partial charge in [0.05, 0.1) is 19.8 Å². The van der Waals surface area contributed by atoms with Crippen LogP contribution in [0.1, 0.15) is 33.1 Å². The van der Waals surface area contributed by atoms with Crippen LogP contribution in [0.25, 0.3) is 0 Å². The van der Waals surface area contributed by atoms with E-state index in [0.29, 0.717) is 30.8 Å². The van der Waals surface area contributed by atoms with E-state index in [1.54, 1.807) is 6.92 Å². The molecule has 0 saturated heterocycles. The molecular weight excluding hydrogens is 260 g/mol. The quantitative estimate of drug-likeness (QED) is 0.331. The van der Waals surface area contributed by atoms with Crippen molar-refractivity contribution in [3.63, 3.8) is 0 Å². The Morgan fingerprint density at radius 2 is 1.60 bits per heavy atom. The Labute approximate surface area is 120 Å². The largest absolute Gasteiger partial charge is 0.462 e. The van der Waals surface area contributed by atoms with Gasteiger partial charge in [-0.2, -0.15) is 0 Å². The zero-order chi connectivity index (χ0) is 15.4. The summed E-state index contributed by atoms with van der Waals surface area (Å²) in [7, 11) is 0. The lowest BCUT2D eigenvalue weighted by atomic mass is 10.2. The number of unbranched alkanes of at least 4 members (excludes halogenated alkanes) is 1. The molecule has 0 fully saturated rings. The van der Waals surface area contributed by atoms with Gasteiger partial charge in [-0.3, -0.25) is 0 Å². The second-order valence-corrected chi connectivity index (χ2v) is 4.37. The Kier molecular flexibility index (Phi) is 10.3. The second kappa shape index (κ2) is 11.2. The number of esters is 2. The molecule has 0 bridgehead atoms. The molecule has 0 N–H and O–H groups in total. The minimum absolute atomic E-state index is 0.166. The Morgan fingerprint density at radius 3 is 2.20 bits per heavy atom. The first-order valence-electron chi connectivity index (χ1n) is 6.74. The Morgan fingerprint density at radius 1 is 0.950 bits per heavy atom. The molecule has 0 aromatic carbocycles. The normalized spacial score (nSPS) is 9.90. The first kappa shape index (κ1) is 18.4. The van der Waals surface area contributed by atoms with Crippen LogP contribution in [0.5, 0.6) is 0 Å². The Balaban J connectivity index is 3.54. The molecule has 5 heteroatoms. The summed E-state index contributed by atoms with van der Waals surface area (Å²) < 4.78 is 15.1. The smallest absolute Gasteiger partial charge is 0.333 e. The summed E-state index contributed by atoms with van der Waals surface area (Å²) in [4.78, 5) is 22.5. The molecule has 0 aromatic heterocycles. The van der Waals surface area contributed by atoms with Gasteiger partial charge in [0.1, 0.15) is 6.61 Å². The maximum absolute atomic E-state index is 11.4. The zero-order valence-electron chi connectivity index (χ0n) is 12.4. The van der Waals surface area contributed by atoms with E-state index in [1.165, 1.54) is 0 Å². The van der Waals surface area contributed by atoms with Crippen molar-refractivity contribution in [2.75, 3.05) is 26.4 Å². The van der Waals surface area contributed by atoms with Crippen molar-refractivity contribution in [3.8, 4) is 0 Å². The van der Waals surface area contributed by atoms with Gasteiger partial charge in [0.2, 0.25) is 0 Å². The third-order valence-corrected chi connectivity index (χ3v) is 2.38. The third-order valence-electron chi connectivity index (χ3n) is 2.38. The second-order valence-electron chi connectivity index (χ2n) is 4.37. The summed E-state index contributed by atoms with van der Waals surface area (Å²) in [6.45, 7) is 11.9. The van der Waals surface area contributed by atoms with Gasteiger partial charge in [0.25, 0.3) is 0 Å². The highest BCUT2D eigenvalue weighted by Crippen LogP contribution is 2.02. The van der Waals surface area contributed by atoms with Crippen molar-refractivity contribution in [2.24, 2.45) is 0 Å². The van der Waals surface area contributed by atoms with Gasteiger partial charge in [0.15, 0.2) is 0 Å². The van der Waals surface area contributed by atoms with E-state index in [1.807, 2.05) is 6.92 Å². The minimum Gasteiger partial charge on any atom is -0.462 e. The summed E-state index contributed by atoms with van der Waals surface area (Å²) in [5, 5.41) is 0. The molecule has 0 heterocycles. The third kappa shape index (κ3) is 9.33. The van der Waals surface area contributed by atoms with E-state index < -0.39 is 5.97 Å². The van der Waals surface area contributed by atoms with Crippen LogP contribution in [-0.2, 0) is 23.8 Å². The van der Waals surface area contributed by atoms with Crippen molar-refractivity contribution in [1.82, 2.24) is 0 Å². The first-order valence-corrected chi connectivity index (χ1v) is 6.74. The highest BCUT2D eigenvalue weighted by Gasteiger charge is 2.08. The number of carbonyl (C=O) groups is 2. The SMILES string of the molecule is C=C(C)C(=O)OCCOCCC(=C)C(=O)OCCCC. The standard InChI is InChI=1S/C15H24O5/c1-5-6-8-19-15(17)13(4)7-9-18-10-11-20-14(16)12(2)3/h2,4-11H2,1,3H3. The highest BCUT2D eigenvalue weighted by atomic mass is 16.6. The summed E-state index contributed by atoms with van der Waals surface area (Å²) in [6, 6.07) is 0. The Bertz CT molecular complexity index is 346. The van der Waals surface area contributed by atoms with Crippen LogP contribution in [0.4, 0.5) is 0 Å². The lowest BCUT2D eigenvalue weighted by Gasteiger charge is -2.08. The topological polar surface area (TPSA) is 61.8 Å². The van der Waals surface area contributed by atoms with Crippen LogP contribution in [0.15, 0.2) is 24.3 Å². The predicted octanol–water partition coefficient (Wildman–Crippen LogP) is 2.41. The molecule has 0 aromatic rings. The number of carbonyl (C=O) groups excluding carboxylic acids is 2. The summed E-state index contributed by atoms with van der Waals surface area (Å²) in [5.41, 5.74) is 0.744. The lowest BCUT2D eigenvalue weighted by Crippen LogP contribution is -2.13. The molecular formula is C15H24O5. The molecule has 20 heavy (non-hydrogen) atoms. The van der Waals surface area contributed by atoms with Gasteiger partial charge in [-0.25, -0.2) is 9.59 Å². The summed E-state index contributed by atoms with van der Waals surface area (Å²) in [6.07, 6.45) is 2.23. The Hall–Kier alpha value is -1.62. The van der Waals surface area contributed by atoms with Crippen LogP contribution >= 0.6 is 0 Å².